The molecule has 0 aliphatic heterocycles. The Kier molecular flexibility index (Phi) is 4.32. The number of aryl methyl sites for hydroxylation is 1. The molecule has 3 rings (SSSR count). The SMILES string of the molecule is Nc1nc(Cc2ccc(Cl)c(Cl)c2)nc2c1CCCCC2. The third-order valence-electron chi connectivity index (χ3n) is 3.86. The van der Waals surface area contributed by atoms with E-state index in [-0.39, 0.29) is 0 Å². The highest BCUT2D eigenvalue weighted by atomic mass is 35.5. The summed E-state index contributed by atoms with van der Waals surface area (Å²) < 4.78 is 0. The Labute approximate surface area is 134 Å². The van der Waals surface area contributed by atoms with Gasteiger partial charge in [-0.05, 0) is 43.4 Å². The average Bonchev–Trinajstić information content (AvgIpc) is 2.69. The molecule has 1 aromatic heterocycles. The van der Waals surface area contributed by atoms with Crippen molar-refractivity contribution in [2.75, 3.05) is 5.73 Å². The van der Waals surface area contributed by atoms with E-state index in [1.807, 2.05) is 12.1 Å². The molecule has 0 unspecified atom stereocenters. The minimum Gasteiger partial charge on any atom is -0.383 e. The molecule has 110 valence electrons. The molecule has 2 N–H and O–H groups in total. The van der Waals surface area contributed by atoms with E-state index < -0.39 is 0 Å². The summed E-state index contributed by atoms with van der Waals surface area (Å²) in [6.07, 6.45) is 6.19. The van der Waals surface area contributed by atoms with E-state index in [0.29, 0.717) is 22.3 Å². The van der Waals surface area contributed by atoms with E-state index in [4.69, 9.17) is 33.9 Å². The summed E-state index contributed by atoms with van der Waals surface area (Å²) in [6, 6.07) is 5.60. The number of halogens is 2. The lowest BCUT2D eigenvalue weighted by atomic mass is 10.1. The van der Waals surface area contributed by atoms with Crippen molar-refractivity contribution < 1.29 is 0 Å². The van der Waals surface area contributed by atoms with E-state index in [1.165, 1.54) is 19.3 Å². The summed E-state index contributed by atoms with van der Waals surface area (Å²) >= 11 is 12.0. The first kappa shape index (κ1) is 14.6. The van der Waals surface area contributed by atoms with E-state index in [2.05, 4.69) is 4.98 Å². The van der Waals surface area contributed by atoms with Crippen LogP contribution in [-0.4, -0.2) is 9.97 Å². The normalized spacial score (nSPS) is 14.6. The summed E-state index contributed by atoms with van der Waals surface area (Å²) in [5, 5.41) is 1.11. The largest absolute Gasteiger partial charge is 0.383 e. The second-order valence-corrected chi connectivity index (χ2v) is 6.25. The van der Waals surface area contributed by atoms with Crippen molar-refractivity contribution in [2.45, 2.75) is 38.5 Å². The van der Waals surface area contributed by atoms with Gasteiger partial charge < -0.3 is 5.73 Å². The lowest BCUT2D eigenvalue weighted by Crippen LogP contribution is -2.09. The van der Waals surface area contributed by atoms with Gasteiger partial charge in [-0.3, -0.25) is 0 Å². The third kappa shape index (κ3) is 3.30. The van der Waals surface area contributed by atoms with Crippen LogP contribution in [0.5, 0.6) is 0 Å². The van der Waals surface area contributed by atoms with Crippen LogP contribution in [0.3, 0.4) is 0 Å². The molecule has 0 fully saturated rings. The van der Waals surface area contributed by atoms with E-state index >= 15 is 0 Å². The molecular weight excluding hydrogens is 305 g/mol. The van der Waals surface area contributed by atoms with Gasteiger partial charge in [0.2, 0.25) is 0 Å². The minimum absolute atomic E-state index is 0.553. The molecule has 1 heterocycles. The van der Waals surface area contributed by atoms with Gasteiger partial charge in [0, 0.05) is 17.7 Å². The zero-order valence-electron chi connectivity index (χ0n) is 11.7. The maximum atomic E-state index is 6.12. The van der Waals surface area contributed by atoms with Gasteiger partial charge in [-0.15, -0.1) is 0 Å². The Balaban J connectivity index is 1.90. The number of nitrogens with two attached hydrogens (primary N) is 1. The van der Waals surface area contributed by atoms with Crippen LogP contribution in [0.1, 0.15) is 41.9 Å². The van der Waals surface area contributed by atoms with Crippen LogP contribution in [0.2, 0.25) is 10.0 Å². The molecule has 0 radical (unpaired) electrons. The summed E-state index contributed by atoms with van der Waals surface area (Å²) in [6.45, 7) is 0. The van der Waals surface area contributed by atoms with E-state index in [9.17, 15) is 0 Å². The van der Waals surface area contributed by atoms with Crippen LogP contribution in [0.25, 0.3) is 0 Å². The maximum Gasteiger partial charge on any atom is 0.135 e. The zero-order chi connectivity index (χ0) is 14.8. The van der Waals surface area contributed by atoms with Crippen LogP contribution < -0.4 is 5.73 Å². The first-order valence-corrected chi connectivity index (χ1v) is 7.97. The summed E-state index contributed by atoms with van der Waals surface area (Å²) in [7, 11) is 0. The highest BCUT2D eigenvalue weighted by molar-refractivity contribution is 6.42. The molecule has 21 heavy (non-hydrogen) atoms. The molecule has 0 saturated carbocycles. The van der Waals surface area contributed by atoms with E-state index in [1.54, 1.807) is 6.07 Å². The van der Waals surface area contributed by atoms with Crippen molar-refractivity contribution in [3.05, 3.63) is 50.9 Å². The second kappa shape index (κ2) is 6.20. The number of fused-ring (bicyclic) bond motifs is 1. The predicted octanol–water partition coefficient (Wildman–Crippen LogP) is 4.23. The fraction of sp³-hybridized carbons (Fsp3) is 0.375. The molecule has 1 aliphatic rings. The topological polar surface area (TPSA) is 51.8 Å². The highest BCUT2D eigenvalue weighted by Crippen LogP contribution is 2.26. The zero-order valence-corrected chi connectivity index (χ0v) is 13.2. The first-order chi connectivity index (χ1) is 10.1. The first-order valence-electron chi connectivity index (χ1n) is 7.21. The van der Waals surface area contributed by atoms with Crippen LogP contribution in [0, 0.1) is 0 Å². The average molecular weight is 322 g/mol. The molecule has 0 amide bonds. The van der Waals surface area contributed by atoms with Crippen molar-refractivity contribution >= 4 is 29.0 Å². The van der Waals surface area contributed by atoms with Crippen LogP contribution in [0.4, 0.5) is 5.82 Å². The molecule has 0 spiro atoms. The number of hydrogen-bond acceptors (Lipinski definition) is 3. The molecule has 1 aromatic carbocycles. The van der Waals surface area contributed by atoms with Gasteiger partial charge in [-0.2, -0.15) is 0 Å². The van der Waals surface area contributed by atoms with Crippen LogP contribution in [-0.2, 0) is 19.3 Å². The standard InChI is InChI=1S/C16H17Cl2N3/c17-12-7-6-10(8-13(12)18)9-15-20-14-5-3-1-2-4-11(14)16(19)21-15/h6-8H,1-5,9H2,(H2,19,20,21). The fourth-order valence-electron chi connectivity index (χ4n) is 2.76. The van der Waals surface area contributed by atoms with Crippen molar-refractivity contribution in [1.29, 1.82) is 0 Å². The Morgan fingerprint density at radius 1 is 1.00 bits per heavy atom. The number of rotatable bonds is 2. The Hall–Kier alpha value is -1.32. The van der Waals surface area contributed by atoms with Crippen molar-refractivity contribution in [3.8, 4) is 0 Å². The summed E-state index contributed by atoms with van der Waals surface area (Å²) in [4.78, 5) is 9.18. The monoisotopic (exact) mass is 321 g/mol. The molecule has 3 nitrogen and oxygen atoms in total. The van der Waals surface area contributed by atoms with Crippen molar-refractivity contribution in [3.63, 3.8) is 0 Å². The number of benzene rings is 1. The Bertz CT molecular complexity index is 671. The van der Waals surface area contributed by atoms with Crippen LogP contribution in [0.15, 0.2) is 18.2 Å². The highest BCUT2D eigenvalue weighted by Gasteiger charge is 2.15. The van der Waals surface area contributed by atoms with E-state index in [0.717, 1.165) is 35.5 Å². The quantitative estimate of drug-likeness (QED) is 0.842. The molecule has 5 heteroatoms. The van der Waals surface area contributed by atoms with Gasteiger partial charge in [0.05, 0.1) is 10.0 Å². The number of hydrogen-bond donors (Lipinski definition) is 1. The smallest absolute Gasteiger partial charge is 0.135 e. The predicted molar refractivity (Wildman–Crippen MR) is 87.0 cm³/mol. The number of nitrogen functional groups attached to an aromatic ring is 1. The van der Waals surface area contributed by atoms with Gasteiger partial charge >= 0.3 is 0 Å². The molecule has 0 saturated heterocycles. The van der Waals surface area contributed by atoms with Crippen LogP contribution >= 0.6 is 23.2 Å². The fourth-order valence-corrected chi connectivity index (χ4v) is 3.08. The second-order valence-electron chi connectivity index (χ2n) is 5.44. The number of nitrogens with zero attached hydrogens (tertiary/aromatic N) is 2. The van der Waals surface area contributed by atoms with Crippen molar-refractivity contribution in [2.24, 2.45) is 0 Å². The van der Waals surface area contributed by atoms with Gasteiger partial charge in [0.25, 0.3) is 0 Å². The molecular formula is C16H17Cl2N3. The Morgan fingerprint density at radius 2 is 1.81 bits per heavy atom. The third-order valence-corrected chi connectivity index (χ3v) is 4.60. The number of anilines is 1. The molecule has 2 aromatic rings. The van der Waals surface area contributed by atoms with Gasteiger partial charge in [0.1, 0.15) is 11.6 Å². The van der Waals surface area contributed by atoms with Gasteiger partial charge in [-0.25, -0.2) is 9.97 Å². The molecule has 0 atom stereocenters. The minimum atomic E-state index is 0.553. The Morgan fingerprint density at radius 3 is 2.62 bits per heavy atom. The van der Waals surface area contributed by atoms with Gasteiger partial charge in [-0.1, -0.05) is 35.7 Å². The summed E-state index contributed by atoms with van der Waals surface area (Å²) in [5.41, 5.74) is 9.42. The van der Waals surface area contributed by atoms with Crippen molar-refractivity contribution in [1.82, 2.24) is 9.97 Å². The number of aromatic nitrogens is 2. The maximum absolute atomic E-state index is 6.12. The van der Waals surface area contributed by atoms with Gasteiger partial charge in [0.15, 0.2) is 0 Å². The molecule has 1 aliphatic carbocycles. The summed E-state index contributed by atoms with van der Waals surface area (Å²) in [5.74, 6) is 1.39. The lowest BCUT2D eigenvalue weighted by Gasteiger charge is -2.10. The lowest BCUT2D eigenvalue weighted by molar-refractivity contribution is 0.708. The molecule has 0 bridgehead atoms.